The fourth-order valence-electron chi connectivity index (χ4n) is 4.96. The zero-order valence-electron chi connectivity index (χ0n) is 16.4. The summed E-state index contributed by atoms with van der Waals surface area (Å²) in [6.07, 6.45) is 4.70. The Hall–Kier alpha value is -2.08. The molecule has 5 rings (SSSR count). The quantitative estimate of drug-likeness (QED) is 0.610. The van der Waals surface area contributed by atoms with Gasteiger partial charge in [-0.25, -0.2) is 0 Å². The van der Waals surface area contributed by atoms with Crippen molar-refractivity contribution in [2.75, 3.05) is 25.0 Å². The van der Waals surface area contributed by atoms with Gasteiger partial charge in [-0.05, 0) is 67.8 Å². The zero-order chi connectivity index (χ0) is 19.8. The molecule has 2 unspecified atom stereocenters. The topological polar surface area (TPSA) is 40.4 Å². The number of aliphatic hydroxyl groups is 1. The van der Waals surface area contributed by atoms with Gasteiger partial charge < -0.3 is 15.0 Å². The Morgan fingerprint density at radius 2 is 1.90 bits per heavy atom. The number of nitrogens with zero attached hydrogens (tertiary/aromatic N) is 2. The summed E-state index contributed by atoms with van der Waals surface area (Å²) >= 11 is 3.47. The van der Waals surface area contributed by atoms with Crippen molar-refractivity contribution in [3.8, 4) is 5.69 Å². The summed E-state index contributed by atoms with van der Waals surface area (Å²) in [5, 5.41) is 14.6. The Labute approximate surface area is 180 Å². The molecule has 2 atom stereocenters. The third-order valence-electron chi connectivity index (χ3n) is 6.20. The van der Waals surface area contributed by atoms with Crippen LogP contribution in [0.25, 0.3) is 5.69 Å². The maximum atomic E-state index is 10.7. The molecule has 0 aliphatic carbocycles. The summed E-state index contributed by atoms with van der Waals surface area (Å²) in [5.74, 6) is 0. The van der Waals surface area contributed by atoms with Crippen molar-refractivity contribution in [1.82, 2.24) is 9.47 Å². The predicted octanol–water partition coefficient (Wildman–Crippen LogP) is 4.56. The van der Waals surface area contributed by atoms with E-state index in [1.54, 1.807) is 0 Å². The van der Waals surface area contributed by atoms with E-state index < -0.39 is 0 Å². The van der Waals surface area contributed by atoms with Crippen molar-refractivity contribution in [3.05, 3.63) is 82.6 Å². The molecule has 0 saturated carbocycles. The molecule has 2 aromatic carbocycles. The monoisotopic (exact) mass is 451 g/mol. The van der Waals surface area contributed by atoms with Crippen LogP contribution in [0.15, 0.2) is 71.3 Å². The van der Waals surface area contributed by atoms with Crippen molar-refractivity contribution < 1.29 is 5.11 Å². The van der Waals surface area contributed by atoms with Crippen LogP contribution in [0.1, 0.15) is 24.1 Å². The molecule has 5 heteroatoms. The molecule has 1 fully saturated rings. The first-order valence-corrected chi connectivity index (χ1v) is 11.1. The largest absolute Gasteiger partial charge is 0.391 e. The number of β-amino-alcohol motifs (C(OH)–C–C–N with tert-alkyl or cyclic N) is 1. The Kier molecular flexibility index (Phi) is 4.98. The lowest BCUT2D eigenvalue weighted by atomic mass is 9.83. The first-order chi connectivity index (χ1) is 14.1. The van der Waals surface area contributed by atoms with Crippen LogP contribution in [0.2, 0.25) is 0 Å². The molecule has 2 N–H and O–H groups in total. The highest BCUT2D eigenvalue weighted by molar-refractivity contribution is 9.10. The molecular weight excluding hydrogens is 426 g/mol. The first-order valence-electron chi connectivity index (χ1n) is 10.3. The molecule has 0 bridgehead atoms. The second-order valence-electron chi connectivity index (χ2n) is 8.31. The highest BCUT2D eigenvalue weighted by atomic mass is 79.9. The fraction of sp³-hybridized carbons (Fsp3) is 0.333. The van der Waals surface area contributed by atoms with Gasteiger partial charge in [0.25, 0.3) is 0 Å². The fourth-order valence-corrected chi connectivity index (χ4v) is 5.22. The molecular formula is C24H26BrN3O. The third kappa shape index (κ3) is 3.63. The number of rotatable bonds is 4. The molecule has 1 spiro atoms. The number of hydrogen-bond acceptors (Lipinski definition) is 3. The van der Waals surface area contributed by atoms with Crippen LogP contribution in [-0.2, 0) is 12.0 Å². The highest BCUT2D eigenvalue weighted by Crippen LogP contribution is 2.42. The van der Waals surface area contributed by atoms with E-state index in [1.807, 2.05) is 12.1 Å². The van der Waals surface area contributed by atoms with Gasteiger partial charge in [-0.2, -0.15) is 0 Å². The van der Waals surface area contributed by atoms with Gasteiger partial charge in [0.05, 0.1) is 23.0 Å². The van der Waals surface area contributed by atoms with Gasteiger partial charge in [-0.15, -0.1) is 0 Å². The smallest absolute Gasteiger partial charge is 0.0908 e. The zero-order valence-corrected chi connectivity index (χ0v) is 18.0. The van der Waals surface area contributed by atoms with Crippen LogP contribution < -0.4 is 5.32 Å². The molecule has 3 aromatic rings. The Balaban J connectivity index is 1.34. The summed E-state index contributed by atoms with van der Waals surface area (Å²) in [5.41, 5.74) is 4.79. The molecule has 1 aromatic heterocycles. The SMILES string of the molecule is OC(Cc1ccc(Br)cc1)CN1CCCC2(C1)Nc1ccccc1-n1cccc12. The van der Waals surface area contributed by atoms with E-state index in [0.717, 1.165) is 30.4 Å². The molecule has 0 amide bonds. The number of benzene rings is 2. The Bertz CT molecular complexity index is 999. The van der Waals surface area contributed by atoms with E-state index in [9.17, 15) is 5.11 Å². The number of fused-ring (bicyclic) bond motifs is 4. The van der Waals surface area contributed by atoms with E-state index in [4.69, 9.17) is 0 Å². The summed E-state index contributed by atoms with van der Waals surface area (Å²) < 4.78 is 3.40. The van der Waals surface area contributed by atoms with Gasteiger partial charge >= 0.3 is 0 Å². The molecule has 1 saturated heterocycles. The Morgan fingerprint density at radius 3 is 2.76 bits per heavy atom. The van der Waals surface area contributed by atoms with E-state index in [1.165, 1.54) is 22.6 Å². The number of likely N-dealkylation sites (tertiary alicyclic amines) is 1. The van der Waals surface area contributed by atoms with Gasteiger partial charge in [0, 0.05) is 29.5 Å². The summed E-state index contributed by atoms with van der Waals surface area (Å²) in [6, 6.07) is 21.1. The first kappa shape index (κ1) is 18.9. The lowest BCUT2D eigenvalue weighted by molar-refractivity contribution is 0.0782. The number of hydrogen-bond donors (Lipinski definition) is 2. The molecule has 2 aliphatic rings. The van der Waals surface area contributed by atoms with Crippen LogP contribution in [-0.4, -0.2) is 40.3 Å². The number of halogens is 1. The second kappa shape index (κ2) is 7.63. The Morgan fingerprint density at radius 1 is 1.07 bits per heavy atom. The molecule has 29 heavy (non-hydrogen) atoms. The average molecular weight is 452 g/mol. The summed E-state index contributed by atoms with van der Waals surface area (Å²) in [4.78, 5) is 2.42. The second-order valence-corrected chi connectivity index (χ2v) is 9.23. The standard InChI is InChI=1S/C24H26BrN3O/c25-19-10-8-18(9-11-19)15-20(29)16-27-13-4-12-24(17-27)23-7-3-14-28(23)22-6-2-1-5-21(22)26-24/h1-3,5-11,14,20,26,29H,4,12-13,15-17H2. The van der Waals surface area contributed by atoms with Gasteiger partial charge in [0.1, 0.15) is 0 Å². The molecule has 150 valence electrons. The maximum Gasteiger partial charge on any atom is 0.0908 e. The van der Waals surface area contributed by atoms with Crippen LogP contribution in [0.4, 0.5) is 5.69 Å². The number of aromatic nitrogens is 1. The minimum atomic E-state index is -0.367. The number of nitrogens with one attached hydrogen (secondary N) is 1. The van der Waals surface area contributed by atoms with E-state index in [0.29, 0.717) is 13.0 Å². The van der Waals surface area contributed by atoms with Crippen molar-refractivity contribution >= 4 is 21.6 Å². The van der Waals surface area contributed by atoms with Gasteiger partial charge in [0.2, 0.25) is 0 Å². The lowest BCUT2D eigenvalue weighted by Gasteiger charge is -2.47. The van der Waals surface area contributed by atoms with Gasteiger partial charge in [-0.1, -0.05) is 40.2 Å². The molecule has 0 radical (unpaired) electrons. The number of aliphatic hydroxyl groups excluding tert-OH is 1. The minimum absolute atomic E-state index is 0.104. The van der Waals surface area contributed by atoms with Crippen molar-refractivity contribution in [3.63, 3.8) is 0 Å². The average Bonchev–Trinajstić information content (AvgIpc) is 3.21. The van der Waals surface area contributed by atoms with Crippen LogP contribution in [0.5, 0.6) is 0 Å². The predicted molar refractivity (Wildman–Crippen MR) is 121 cm³/mol. The van der Waals surface area contributed by atoms with Crippen LogP contribution in [0, 0.1) is 0 Å². The normalized spacial score (nSPS) is 22.0. The van der Waals surface area contributed by atoms with Crippen molar-refractivity contribution in [1.29, 1.82) is 0 Å². The van der Waals surface area contributed by atoms with Gasteiger partial charge in [-0.3, -0.25) is 4.90 Å². The number of piperidine rings is 1. The van der Waals surface area contributed by atoms with Crippen LogP contribution >= 0.6 is 15.9 Å². The van der Waals surface area contributed by atoms with E-state index in [-0.39, 0.29) is 11.6 Å². The molecule has 3 heterocycles. The number of para-hydroxylation sites is 2. The highest BCUT2D eigenvalue weighted by Gasteiger charge is 2.42. The molecule has 4 nitrogen and oxygen atoms in total. The summed E-state index contributed by atoms with van der Waals surface area (Å²) in [7, 11) is 0. The summed E-state index contributed by atoms with van der Waals surface area (Å²) in [6.45, 7) is 2.63. The maximum absolute atomic E-state index is 10.7. The van der Waals surface area contributed by atoms with Gasteiger partial charge in [0.15, 0.2) is 0 Å². The van der Waals surface area contributed by atoms with E-state index >= 15 is 0 Å². The van der Waals surface area contributed by atoms with Crippen LogP contribution in [0.3, 0.4) is 0 Å². The van der Waals surface area contributed by atoms with Crippen molar-refractivity contribution in [2.45, 2.75) is 30.9 Å². The van der Waals surface area contributed by atoms with Crippen molar-refractivity contribution in [2.24, 2.45) is 0 Å². The minimum Gasteiger partial charge on any atom is -0.391 e. The third-order valence-corrected chi connectivity index (χ3v) is 6.73. The lowest BCUT2D eigenvalue weighted by Crippen LogP contribution is -2.54. The number of anilines is 1. The molecule has 2 aliphatic heterocycles. The van der Waals surface area contributed by atoms with E-state index in [2.05, 4.69) is 85.4 Å².